The van der Waals surface area contributed by atoms with Gasteiger partial charge in [-0.15, -0.1) is 0 Å². The number of nitrogens with one attached hydrogen (secondary N) is 1. The largest absolute Gasteiger partial charge is 0.348 e. The lowest BCUT2D eigenvalue weighted by atomic mass is 10.1. The van der Waals surface area contributed by atoms with Gasteiger partial charge in [0.05, 0.1) is 6.20 Å². The van der Waals surface area contributed by atoms with Crippen LogP contribution in [0.15, 0.2) is 18.6 Å². The van der Waals surface area contributed by atoms with Crippen LogP contribution in [-0.2, 0) is 0 Å². The lowest BCUT2D eigenvalue weighted by molar-refractivity contribution is 0.202. The zero-order valence-corrected chi connectivity index (χ0v) is 12.2. The van der Waals surface area contributed by atoms with E-state index in [1.165, 1.54) is 19.4 Å². The van der Waals surface area contributed by atoms with Crippen molar-refractivity contribution >= 4 is 17.3 Å². The molecule has 0 radical (unpaired) electrons. The van der Waals surface area contributed by atoms with Crippen LogP contribution in [0, 0.1) is 0 Å². The summed E-state index contributed by atoms with van der Waals surface area (Å²) in [6, 6.07) is 1.08. The van der Waals surface area contributed by atoms with Crippen LogP contribution < -0.4 is 16.2 Å². The molecule has 2 aliphatic heterocycles. The summed E-state index contributed by atoms with van der Waals surface area (Å²) in [4.78, 5) is 14.1. The first kappa shape index (κ1) is 12.8. The quantitative estimate of drug-likeness (QED) is 0.625. The van der Waals surface area contributed by atoms with E-state index in [1.54, 1.807) is 6.20 Å². The van der Waals surface area contributed by atoms with E-state index < -0.39 is 0 Å². The molecule has 2 atom stereocenters. The third kappa shape index (κ3) is 2.04. The molecule has 0 spiro atoms. The molecule has 0 aliphatic carbocycles. The van der Waals surface area contributed by atoms with Crippen molar-refractivity contribution in [2.45, 2.75) is 31.8 Å². The van der Waals surface area contributed by atoms with Crippen molar-refractivity contribution in [2.24, 2.45) is 5.84 Å². The molecule has 7 nitrogen and oxygen atoms in total. The van der Waals surface area contributed by atoms with Gasteiger partial charge in [0.25, 0.3) is 0 Å². The highest BCUT2D eigenvalue weighted by Crippen LogP contribution is 2.30. The van der Waals surface area contributed by atoms with Gasteiger partial charge in [-0.3, -0.25) is 4.90 Å². The smallest absolute Gasteiger partial charge is 0.180 e. The molecular weight excluding hydrogens is 266 g/mol. The number of rotatable bonds is 2. The van der Waals surface area contributed by atoms with E-state index in [0.29, 0.717) is 17.9 Å². The van der Waals surface area contributed by atoms with Gasteiger partial charge in [-0.05, 0) is 26.3 Å². The van der Waals surface area contributed by atoms with Crippen molar-refractivity contribution in [3.63, 3.8) is 0 Å². The zero-order valence-electron chi connectivity index (χ0n) is 12.2. The normalized spacial score (nSPS) is 26.3. The highest BCUT2D eigenvalue weighted by atomic mass is 15.4. The van der Waals surface area contributed by atoms with Crippen LogP contribution in [0.1, 0.15) is 19.8 Å². The Morgan fingerprint density at radius 3 is 3.14 bits per heavy atom. The summed E-state index contributed by atoms with van der Waals surface area (Å²) < 4.78 is 1.98. The average Bonchev–Trinajstić information content (AvgIpc) is 3.13. The summed E-state index contributed by atoms with van der Waals surface area (Å²) in [5.74, 6) is 7.14. The van der Waals surface area contributed by atoms with Crippen LogP contribution >= 0.6 is 0 Å². The minimum atomic E-state index is 0.431. The second kappa shape index (κ2) is 4.85. The maximum absolute atomic E-state index is 5.56. The van der Waals surface area contributed by atoms with E-state index in [4.69, 9.17) is 5.84 Å². The molecule has 3 N–H and O–H groups in total. The molecule has 112 valence electrons. The van der Waals surface area contributed by atoms with Gasteiger partial charge in [-0.2, -0.15) is 0 Å². The number of imidazole rings is 1. The second-order valence-electron chi connectivity index (χ2n) is 6.04. The van der Waals surface area contributed by atoms with Crippen LogP contribution in [0.3, 0.4) is 0 Å². The summed E-state index contributed by atoms with van der Waals surface area (Å²) in [6.45, 7) is 5.61. The standard InChI is InChI=1S/C14H21N7/c1-10-7-19-5-2-3-11(19)8-21(10)14-13-16-4-6-20(13)9-12(17-14)18-15/h4,6,9-11,18H,2-3,5,7-8,15H2,1H3. The minimum Gasteiger partial charge on any atom is -0.348 e. The minimum absolute atomic E-state index is 0.431. The zero-order chi connectivity index (χ0) is 14.4. The number of anilines is 2. The Bertz CT molecular complexity index is 652. The number of aromatic nitrogens is 3. The highest BCUT2D eigenvalue weighted by molar-refractivity contribution is 5.67. The molecule has 2 fully saturated rings. The molecule has 2 aromatic heterocycles. The Morgan fingerprint density at radius 2 is 2.29 bits per heavy atom. The van der Waals surface area contributed by atoms with Crippen molar-refractivity contribution in [1.82, 2.24) is 19.3 Å². The number of piperazine rings is 1. The topological polar surface area (TPSA) is 74.7 Å². The van der Waals surface area contributed by atoms with E-state index in [2.05, 4.69) is 32.1 Å². The molecule has 2 aliphatic rings. The first-order chi connectivity index (χ1) is 10.3. The maximum Gasteiger partial charge on any atom is 0.180 e. The van der Waals surface area contributed by atoms with E-state index in [0.717, 1.165) is 24.6 Å². The third-order valence-electron chi connectivity index (χ3n) is 4.71. The molecule has 4 heterocycles. The number of hydrogen-bond donors (Lipinski definition) is 2. The van der Waals surface area contributed by atoms with E-state index in [1.807, 2.05) is 16.8 Å². The number of nitrogen functional groups attached to an aromatic ring is 1. The van der Waals surface area contributed by atoms with Crippen LogP contribution in [0.25, 0.3) is 5.65 Å². The summed E-state index contributed by atoms with van der Waals surface area (Å²) in [7, 11) is 0. The highest BCUT2D eigenvalue weighted by Gasteiger charge is 2.35. The Kier molecular flexibility index (Phi) is 2.97. The number of fused-ring (bicyclic) bond motifs is 2. The number of hydrogen-bond acceptors (Lipinski definition) is 6. The molecule has 0 bridgehead atoms. The van der Waals surface area contributed by atoms with Gasteiger partial charge in [0.2, 0.25) is 0 Å². The van der Waals surface area contributed by atoms with Crippen LogP contribution in [0.4, 0.5) is 11.6 Å². The van der Waals surface area contributed by atoms with Gasteiger partial charge >= 0.3 is 0 Å². The summed E-state index contributed by atoms with van der Waals surface area (Å²) in [5.41, 5.74) is 3.55. The number of hydrazine groups is 1. The fourth-order valence-electron chi connectivity index (χ4n) is 3.66. The summed E-state index contributed by atoms with van der Waals surface area (Å²) in [5, 5.41) is 0. The Labute approximate surface area is 123 Å². The molecule has 2 unspecified atom stereocenters. The van der Waals surface area contributed by atoms with E-state index in [-0.39, 0.29) is 0 Å². The van der Waals surface area contributed by atoms with Gasteiger partial charge in [0.1, 0.15) is 0 Å². The molecule has 0 amide bonds. The predicted octanol–water partition coefficient (Wildman–Crippen LogP) is 0.688. The Balaban J connectivity index is 1.76. The van der Waals surface area contributed by atoms with Crippen LogP contribution in [0.5, 0.6) is 0 Å². The summed E-state index contributed by atoms with van der Waals surface area (Å²) >= 11 is 0. The fraction of sp³-hybridized carbons (Fsp3) is 0.571. The van der Waals surface area contributed by atoms with Crippen molar-refractivity contribution in [3.05, 3.63) is 18.6 Å². The molecule has 0 aromatic carbocycles. The van der Waals surface area contributed by atoms with Gasteiger partial charge in [-0.25, -0.2) is 15.8 Å². The monoisotopic (exact) mass is 287 g/mol. The maximum atomic E-state index is 5.56. The molecule has 7 heteroatoms. The predicted molar refractivity (Wildman–Crippen MR) is 82.2 cm³/mol. The first-order valence-corrected chi connectivity index (χ1v) is 7.57. The van der Waals surface area contributed by atoms with Crippen molar-refractivity contribution in [1.29, 1.82) is 0 Å². The molecule has 0 saturated carbocycles. The SMILES string of the molecule is CC1CN2CCCC2CN1c1nc(NN)cn2ccnc12. The van der Waals surface area contributed by atoms with Crippen molar-refractivity contribution in [3.8, 4) is 0 Å². The molecule has 21 heavy (non-hydrogen) atoms. The van der Waals surface area contributed by atoms with E-state index >= 15 is 0 Å². The Morgan fingerprint density at radius 1 is 1.38 bits per heavy atom. The van der Waals surface area contributed by atoms with Gasteiger partial charge < -0.3 is 14.7 Å². The first-order valence-electron chi connectivity index (χ1n) is 7.57. The van der Waals surface area contributed by atoms with Crippen LogP contribution in [-0.4, -0.2) is 51.0 Å². The van der Waals surface area contributed by atoms with Crippen molar-refractivity contribution < 1.29 is 0 Å². The molecule has 2 saturated heterocycles. The fourth-order valence-corrected chi connectivity index (χ4v) is 3.66. The van der Waals surface area contributed by atoms with Gasteiger partial charge in [-0.1, -0.05) is 0 Å². The molecule has 2 aromatic rings. The van der Waals surface area contributed by atoms with Gasteiger partial charge in [0, 0.05) is 37.6 Å². The third-order valence-corrected chi connectivity index (χ3v) is 4.71. The molecular formula is C14H21N7. The number of nitrogens with zero attached hydrogens (tertiary/aromatic N) is 5. The van der Waals surface area contributed by atoms with Crippen molar-refractivity contribution in [2.75, 3.05) is 30.0 Å². The average molecular weight is 287 g/mol. The van der Waals surface area contributed by atoms with Crippen LogP contribution in [0.2, 0.25) is 0 Å². The lowest BCUT2D eigenvalue weighted by Gasteiger charge is -2.43. The van der Waals surface area contributed by atoms with E-state index in [9.17, 15) is 0 Å². The summed E-state index contributed by atoms with van der Waals surface area (Å²) in [6.07, 6.45) is 8.18. The Hall–Kier alpha value is -1.86. The second-order valence-corrected chi connectivity index (χ2v) is 6.04. The number of nitrogens with two attached hydrogens (primary N) is 1. The van der Waals surface area contributed by atoms with Gasteiger partial charge in [0.15, 0.2) is 17.3 Å². The lowest BCUT2D eigenvalue weighted by Crippen LogP contribution is -2.55. The molecule has 4 rings (SSSR count).